The van der Waals surface area contributed by atoms with Crippen molar-refractivity contribution in [2.75, 3.05) is 18.8 Å². The highest BCUT2D eigenvalue weighted by atomic mass is 16.2. The van der Waals surface area contributed by atoms with Crippen LogP contribution in [0.3, 0.4) is 0 Å². The minimum atomic E-state index is -0.408. The van der Waals surface area contributed by atoms with Crippen LogP contribution >= 0.6 is 0 Å². The van der Waals surface area contributed by atoms with Crippen molar-refractivity contribution in [1.82, 2.24) is 10.2 Å². The third-order valence-electron chi connectivity index (χ3n) is 2.87. The van der Waals surface area contributed by atoms with E-state index in [1.54, 1.807) is 0 Å². The fourth-order valence-electron chi connectivity index (χ4n) is 1.97. The topological polar surface area (TPSA) is 101 Å². The summed E-state index contributed by atoms with van der Waals surface area (Å²) in [6.45, 7) is 4.98. The van der Waals surface area contributed by atoms with Crippen LogP contribution in [0.2, 0.25) is 0 Å². The highest BCUT2D eigenvalue weighted by molar-refractivity contribution is 5.77. The summed E-state index contributed by atoms with van der Waals surface area (Å²) < 4.78 is 0. The maximum absolute atomic E-state index is 11.7. The second-order valence-corrected chi connectivity index (χ2v) is 5.39. The number of nitrogen functional groups attached to an aromatic ring is 1. The molecule has 0 radical (unpaired) electrons. The van der Waals surface area contributed by atoms with Gasteiger partial charge < -0.3 is 16.8 Å². The molecule has 6 nitrogen and oxygen atoms in total. The molecule has 0 bridgehead atoms. The van der Waals surface area contributed by atoms with Crippen molar-refractivity contribution in [1.29, 1.82) is 0 Å². The Morgan fingerprint density at radius 2 is 1.86 bits per heavy atom. The van der Waals surface area contributed by atoms with Crippen LogP contribution in [0.5, 0.6) is 0 Å². The number of nitrogens with zero attached hydrogens (tertiary/aromatic N) is 1. The average molecular weight is 292 g/mol. The molecule has 1 rings (SSSR count). The van der Waals surface area contributed by atoms with Crippen molar-refractivity contribution in [3.05, 3.63) is 29.8 Å². The van der Waals surface area contributed by atoms with Gasteiger partial charge in [-0.2, -0.15) is 0 Å². The Bertz CT molecular complexity index is 471. The lowest BCUT2D eigenvalue weighted by Gasteiger charge is -2.21. The average Bonchev–Trinajstić information content (AvgIpc) is 2.37. The van der Waals surface area contributed by atoms with Crippen LogP contribution in [0, 0.1) is 0 Å². The SMILES string of the molecule is CC(C)NC(=O)CCN(CC(N)=O)Cc1ccc(N)cc1. The second kappa shape index (κ2) is 8.26. The number of primary amides is 1. The van der Waals surface area contributed by atoms with Crippen molar-refractivity contribution in [2.45, 2.75) is 32.9 Å². The molecule has 0 aliphatic rings. The summed E-state index contributed by atoms with van der Waals surface area (Å²) >= 11 is 0. The Hall–Kier alpha value is -2.08. The molecule has 0 aromatic heterocycles. The number of amides is 2. The van der Waals surface area contributed by atoms with Gasteiger partial charge in [0.25, 0.3) is 0 Å². The van der Waals surface area contributed by atoms with Crippen molar-refractivity contribution >= 4 is 17.5 Å². The molecule has 116 valence electrons. The number of hydrogen-bond acceptors (Lipinski definition) is 4. The lowest BCUT2D eigenvalue weighted by atomic mass is 10.2. The van der Waals surface area contributed by atoms with Gasteiger partial charge in [0.1, 0.15) is 0 Å². The Kier molecular flexibility index (Phi) is 6.68. The van der Waals surface area contributed by atoms with E-state index in [1.807, 2.05) is 43.0 Å². The molecule has 0 atom stereocenters. The van der Waals surface area contributed by atoms with E-state index in [-0.39, 0.29) is 18.5 Å². The van der Waals surface area contributed by atoms with Gasteiger partial charge in [0, 0.05) is 31.2 Å². The highest BCUT2D eigenvalue weighted by Gasteiger charge is 2.12. The zero-order valence-corrected chi connectivity index (χ0v) is 12.6. The summed E-state index contributed by atoms with van der Waals surface area (Å²) in [5.74, 6) is -0.438. The van der Waals surface area contributed by atoms with Gasteiger partial charge in [-0.1, -0.05) is 12.1 Å². The quantitative estimate of drug-likeness (QED) is 0.606. The molecule has 1 aromatic carbocycles. The zero-order chi connectivity index (χ0) is 15.8. The Balaban J connectivity index is 2.57. The van der Waals surface area contributed by atoms with E-state index in [0.29, 0.717) is 25.2 Å². The minimum Gasteiger partial charge on any atom is -0.399 e. The van der Waals surface area contributed by atoms with Crippen molar-refractivity contribution in [3.8, 4) is 0 Å². The van der Waals surface area contributed by atoms with Crippen LogP contribution in [0.15, 0.2) is 24.3 Å². The molecule has 0 saturated heterocycles. The molecule has 1 aromatic rings. The lowest BCUT2D eigenvalue weighted by molar-refractivity contribution is -0.123. The Labute approximate surface area is 125 Å². The predicted octanol–water partition coefficient (Wildman–Crippen LogP) is 0.471. The first-order valence-corrected chi connectivity index (χ1v) is 7.01. The summed E-state index contributed by atoms with van der Waals surface area (Å²) in [6, 6.07) is 7.53. The number of carbonyl (C=O) groups is 2. The molecule has 5 N–H and O–H groups in total. The first-order valence-electron chi connectivity index (χ1n) is 7.01. The van der Waals surface area contributed by atoms with E-state index >= 15 is 0 Å². The molecular weight excluding hydrogens is 268 g/mol. The van der Waals surface area contributed by atoms with Crippen molar-refractivity contribution in [2.24, 2.45) is 5.73 Å². The zero-order valence-electron chi connectivity index (χ0n) is 12.6. The molecule has 0 aliphatic heterocycles. The third-order valence-corrected chi connectivity index (χ3v) is 2.87. The van der Waals surface area contributed by atoms with E-state index in [1.165, 1.54) is 0 Å². The largest absolute Gasteiger partial charge is 0.399 e. The summed E-state index contributed by atoms with van der Waals surface area (Å²) in [5, 5.41) is 2.82. The second-order valence-electron chi connectivity index (χ2n) is 5.39. The maximum Gasteiger partial charge on any atom is 0.231 e. The van der Waals surface area contributed by atoms with Gasteiger partial charge >= 0.3 is 0 Å². The molecule has 2 amide bonds. The number of benzene rings is 1. The van der Waals surface area contributed by atoms with Gasteiger partial charge in [-0.3, -0.25) is 14.5 Å². The fraction of sp³-hybridized carbons (Fsp3) is 0.467. The highest BCUT2D eigenvalue weighted by Crippen LogP contribution is 2.09. The first-order chi connectivity index (χ1) is 9.86. The molecule has 0 unspecified atom stereocenters. The van der Waals surface area contributed by atoms with Crippen LogP contribution in [0.4, 0.5) is 5.69 Å². The summed E-state index contributed by atoms with van der Waals surface area (Å²) in [6.07, 6.45) is 0.334. The molecule has 0 saturated carbocycles. The molecule has 0 spiro atoms. The summed E-state index contributed by atoms with van der Waals surface area (Å²) in [5.41, 5.74) is 12.6. The number of nitrogens with two attached hydrogens (primary N) is 2. The smallest absolute Gasteiger partial charge is 0.231 e. The van der Waals surface area contributed by atoms with Gasteiger partial charge in [0.2, 0.25) is 11.8 Å². The minimum absolute atomic E-state index is 0.0308. The lowest BCUT2D eigenvalue weighted by Crippen LogP contribution is -2.37. The predicted molar refractivity (Wildman–Crippen MR) is 83.2 cm³/mol. The standard InChI is InChI=1S/C15H24N4O2/c1-11(2)18-15(21)7-8-19(10-14(17)20)9-12-3-5-13(16)6-4-12/h3-6,11H,7-10,16H2,1-2H3,(H2,17,20)(H,18,21). The van der Waals surface area contributed by atoms with E-state index in [9.17, 15) is 9.59 Å². The number of carbonyl (C=O) groups excluding carboxylic acids is 2. The third kappa shape index (κ3) is 7.31. The molecule has 6 heteroatoms. The van der Waals surface area contributed by atoms with Crippen molar-refractivity contribution in [3.63, 3.8) is 0 Å². The van der Waals surface area contributed by atoms with Crippen LogP contribution < -0.4 is 16.8 Å². The molecule has 21 heavy (non-hydrogen) atoms. The van der Waals surface area contributed by atoms with E-state index in [2.05, 4.69) is 5.32 Å². The van der Waals surface area contributed by atoms with E-state index in [4.69, 9.17) is 11.5 Å². The number of hydrogen-bond donors (Lipinski definition) is 3. The number of nitrogens with one attached hydrogen (secondary N) is 1. The fourth-order valence-corrected chi connectivity index (χ4v) is 1.97. The Morgan fingerprint density at radius 3 is 2.38 bits per heavy atom. The van der Waals surface area contributed by atoms with Gasteiger partial charge in [-0.05, 0) is 31.5 Å². The van der Waals surface area contributed by atoms with Gasteiger partial charge in [0.15, 0.2) is 0 Å². The van der Waals surface area contributed by atoms with E-state index in [0.717, 1.165) is 5.56 Å². The van der Waals surface area contributed by atoms with Crippen LogP contribution in [-0.4, -0.2) is 35.8 Å². The molecular formula is C15H24N4O2. The van der Waals surface area contributed by atoms with Crippen LogP contribution in [0.1, 0.15) is 25.8 Å². The Morgan fingerprint density at radius 1 is 1.24 bits per heavy atom. The summed E-state index contributed by atoms with van der Waals surface area (Å²) in [4.78, 5) is 24.7. The first kappa shape index (κ1) is 17.0. The van der Waals surface area contributed by atoms with Crippen LogP contribution in [-0.2, 0) is 16.1 Å². The molecule has 0 aliphatic carbocycles. The van der Waals surface area contributed by atoms with Crippen molar-refractivity contribution < 1.29 is 9.59 Å². The summed E-state index contributed by atoms with van der Waals surface area (Å²) in [7, 11) is 0. The van der Waals surface area contributed by atoms with Gasteiger partial charge in [0.05, 0.1) is 6.54 Å². The number of rotatable bonds is 8. The maximum atomic E-state index is 11.7. The van der Waals surface area contributed by atoms with Gasteiger partial charge in [-0.15, -0.1) is 0 Å². The van der Waals surface area contributed by atoms with E-state index < -0.39 is 5.91 Å². The monoisotopic (exact) mass is 292 g/mol. The molecule has 0 heterocycles. The van der Waals surface area contributed by atoms with Gasteiger partial charge in [-0.25, -0.2) is 0 Å². The number of anilines is 1. The normalized spacial score (nSPS) is 10.9. The molecule has 0 fully saturated rings. The van der Waals surface area contributed by atoms with Crippen LogP contribution in [0.25, 0.3) is 0 Å².